The van der Waals surface area contributed by atoms with Crippen LogP contribution >= 0.6 is 0 Å². The van der Waals surface area contributed by atoms with E-state index in [2.05, 4.69) is 5.32 Å². The summed E-state index contributed by atoms with van der Waals surface area (Å²) >= 11 is 0. The molecule has 0 unspecified atom stereocenters. The molecule has 0 aliphatic carbocycles. The topological polar surface area (TPSA) is 86.6 Å². The van der Waals surface area contributed by atoms with E-state index in [-0.39, 0.29) is 11.3 Å². The van der Waals surface area contributed by atoms with Crippen LogP contribution in [0.25, 0.3) is 0 Å². The Balaban J connectivity index is 2.99. The summed E-state index contributed by atoms with van der Waals surface area (Å²) in [5.41, 5.74) is 1.40. The second kappa shape index (κ2) is 5.94. The predicted molar refractivity (Wildman–Crippen MR) is 68.3 cm³/mol. The maximum Gasteiger partial charge on any atom is 0.163 e. The molecule has 0 aliphatic heterocycles. The van der Waals surface area contributed by atoms with Crippen LogP contribution in [0.1, 0.15) is 0 Å². The Morgan fingerprint density at radius 2 is 1.56 bits per heavy atom. The highest BCUT2D eigenvalue weighted by Gasteiger charge is 2.05. The van der Waals surface area contributed by atoms with Gasteiger partial charge in [0.25, 0.3) is 0 Å². The molecule has 0 radical (unpaired) electrons. The van der Waals surface area contributed by atoms with Gasteiger partial charge in [-0.25, -0.2) is 0 Å². The van der Waals surface area contributed by atoms with Gasteiger partial charge >= 0.3 is 0 Å². The van der Waals surface area contributed by atoms with Crippen molar-refractivity contribution in [1.82, 2.24) is 0 Å². The molecule has 1 N–H and O–H groups in total. The molecule has 5 heteroatoms. The molecule has 0 saturated heterocycles. The van der Waals surface area contributed by atoms with Crippen LogP contribution in [0.3, 0.4) is 0 Å². The van der Waals surface area contributed by atoms with E-state index in [0.29, 0.717) is 5.69 Å². The first-order valence-electron chi connectivity index (χ1n) is 5.11. The maximum atomic E-state index is 8.88. The van der Waals surface area contributed by atoms with E-state index < -0.39 is 0 Å². The highest BCUT2D eigenvalue weighted by atomic mass is 15.1. The van der Waals surface area contributed by atoms with Crippen molar-refractivity contribution in [3.05, 3.63) is 35.5 Å². The van der Waals surface area contributed by atoms with Crippen LogP contribution in [-0.2, 0) is 0 Å². The van der Waals surface area contributed by atoms with Crippen LogP contribution in [0.5, 0.6) is 0 Å². The summed E-state index contributed by atoms with van der Waals surface area (Å²) in [6, 6.07) is 12.5. The van der Waals surface area contributed by atoms with E-state index in [0.717, 1.165) is 5.69 Å². The minimum Gasteiger partial charge on any atom is -0.378 e. The van der Waals surface area contributed by atoms with Crippen molar-refractivity contribution in [3.8, 4) is 18.2 Å². The Labute approximate surface area is 106 Å². The zero-order valence-corrected chi connectivity index (χ0v) is 10.1. The minimum absolute atomic E-state index is 0.0439. The zero-order chi connectivity index (χ0) is 13.5. The molecule has 1 rings (SSSR count). The monoisotopic (exact) mass is 237 g/mol. The third-order valence-corrected chi connectivity index (χ3v) is 2.24. The Hall–Kier alpha value is -2.97. The van der Waals surface area contributed by atoms with Crippen LogP contribution in [0.15, 0.2) is 35.5 Å². The van der Waals surface area contributed by atoms with Crippen molar-refractivity contribution in [2.75, 3.05) is 24.3 Å². The summed E-state index contributed by atoms with van der Waals surface area (Å²) < 4.78 is 0. The van der Waals surface area contributed by atoms with Gasteiger partial charge in [0.05, 0.1) is 0 Å². The summed E-state index contributed by atoms with van der Waals surface area (Å²) in [7, 11) is 3.85. The first-order valence-corrected chi connectivity index (χ1v) is 5.11. The number of benzene rings is 1. The number of hydrogen-bond donors (Lipinski definition) is 1. The lowest BCUT2D eigenvalue weighted by Crippen LogP contribution is -2.08. The van der Waals surface area contributed by atoms with Gasteiger partial charge in [-0.2, -0.15) is 15.8 Å². The molecule has 0 aliphatic rings. The van der Waals surface area contributed by atoms with Gasteiger partial charge in [-0.15, -0.1) is 0 Å². The molecular weight excluding hydrogens is 226 g/mol. The SMILES string of the molecule is CN(C)c1ccc(NC(C#N)=C(C#N)C#N)cc1. The lowest BCUT2D eigenvalue weighted by molar-refractivity contribution is 1.13. The van der Waals surface area contributed by atoms with Crippen LogP contribution < -0.4 is 10.2 Å². The van der Waals surface area contributed by atoms with Crippen molar-refractivity contribution in [1.29, 1.82) is 15.8 Å². The number of allylic oxidation sites excluding steroid dienone is 2. The maximum absolute atomic E-state index is 8.88. The lowest BCUT2D eigenvalue weighted by Gasteiger charge is -2.13. The van der Waals surface area contributed by atoms with E-state index in [9.17, 15) is 0 Å². The van der Waals surface area contributed by atoms with Gasteiger partial charge in [0.1, 0.15) is 23.9 Å². The first kappa shape index (κ1) is 13.1. The van der Waals surface area contributed by atoms with Crippen LogP contribution in [-0.4, -0.2) is 14.1 Å². The standard InChI is InChI=1S/C13H11N5/c1-18(2)12-5-3-11(4-6-12)17-13(9-16)10(7-14)8-15/h3-6,17H,1-2H3. The van der Waals surface area contributed by atoms with Crippen molar-refractivity contribution >= 4 is 11.4 Å². The summed E-state index contributed by atoms with van der Waals surface area (Å²) in [5, 5.41) is 29.0. The molecule has 5 nitrogen and oxygen atoms in total. The second-order valence-corrected chi connectivity index (χ2v) is 3.65. The minimum atomic E-state index is -0.228. The fourth-order valence-corrected chi connectivity index (χ4v) is 1.27. The molecule has 0 saturated carbocycles. The van der Waals surface area contributed by atoms with E-state index in [1.165, 1.54) is 0 Å². The Morgan fingerprint density at radius 3 is 1.94 bits per heavy atom. The summed E-state index contributed by atoms with van der Waals surface area (Å²) in [6.07, 6.45) is 0. The molecule has 88 valence electrons. The molecule has 0 heterocycles. The number of nitrogens with zero attached hydrogens (tertiary/aromatic N) is 4. The van der Waals surface area contributed by atoms with Crippen molar-refractivity contribution in [2.24, 2.45) is 0 Å². The number of hydrogen-bond acceptors (Lipinski definition) is 5. The largest absolute Gasteiger partial charge is 0.378 e. The highest BCUT2D eigenvalue weighted by Crippen LogP contribution is 2.17. The molecule has 1 aromatic carbocycles. The van der Waals surface area contributed by atoms with Crippen LogP contribution in [0, 0.1) is 34.0 Å². The summed E-state index contributed by atoms with van der Waals surface area (Å²) in [6.45, 7) is 0. The van der Waals surface area contributed by atoms with E-state index in [1.807, 2.05) is 31.1 Å². The quantitative estimate of drug-likeness (QED) is 0.812. The molecule has 0 bridgehead atoms. The number of nitrogens with one attached hydrogen (secondary N) is 1. The van der Waals surface area contributed by atoms with E-state index >= 15 is 0 Å². The molecule has 0 spiro atoms. The lowest BCUT2D eigenvalue weighted by atomic mass is 10.2. The third-order valence-electron chi connectivity index (χ3n) is 2.24. The molecule has 0 aromatic heterocycles. The summed E-state index contributed by atoms with van der Waals surface area (Å²) in [4.78, 5) is 1.95. The van der Waals surface area contributed by atoms with Gasteiger partial charge in [-0.1, -0.05) is 0 Å². The third kappa shape index (κ3) is 3.01. The highest BCUT2D eigenvalue weighted by molar-refractivity contribution is 5.61. The first-order chi connectivity index (χ1) is 8.62. The van der Waals surface area contributed by atoms with Gasteiger partial charge < -0.3 is 10.2 Å². The van der Waals surface area contributed by atoms with Gasteiger partial charge in [0.2, 0.25) is 0 Å². The zero-order valence-electron chi connectivity index (χ0n) is 10.1. The van der Waals surface area contributed by atoms with Crippen molar-refractivity contribution in [3.63, 3.8) is 0 Å². The molecule has 0 atom stereocenters. The van der Waals surface area contributed by atoms with Gasteiger partial charge in [0, 0.05) is 25.5 Å². The number of nitriles is 3. The number of rotatable bonds is 3. The van der Waals surface area contributed by atoms with Crippen molar-refractivity contribution < 1.29 is 0 Å². The van der Waals surface area contributed by atoms with Gasteiger partial charge in [0.15, 0.2) is 5.57 Å². The average molecular weight is 237 g/mol. The molecule has 18 heavy (non-hydrogen) atoms. The smallest absolute Gasteiger partial charge is 0.163 e. The summed E-state index contributed by atoms with van der Waals surface area (Å²) in [5.74, 6) is 0. The normalized spacial score (nSPS) is 8.39. The van der Waals surface area contributed by atoms with Crippen molar-refractivity contribution in [2.45, 2.75) is 0 Å². The Bertz CT molecular complexity index is 560. The van der Waals surface area contributed by atoms with Crippen LogP contribution in [0.2, 0.25) is 0 Å². The van der Waals surface area contributed by atoms with Crippen LogP contribution in [0.4, 0.5) is 11.4 Å². The Kier molecular flexibility index (Phi) is 4.32. The molecule has 0 amide bonds. The molecular formula is C13H11N5. The predicted octanol–water partition coefficient (Wildman–Crippen LogP) is 1.99. The molecule has 0 fully saturated rings. The van der Waals surface area contributed by atoms with Gasteiger partial charge in [-0.05, 0) is 24.3 Å². The van der Waals surface area contributed by atoms with Gasteiger partial charge in [-0.3, -0.25) is 0 Å². The molecule has 1 aromatic rings. The average Bonchev–Trinajstić information content (AvgIpc) is 2.39. The number of anilines is 2. The Morgan fingerprint density at radius 1 is 1.00 bits per heavy atom. The van der Waals surface area contributed by atoms with E-state index in [4.69, 9.17) is 15.8 Å². The second-order valence-electron chi connectivity index (χ2n) is 3.65. The fraction of sp³-hybridized carbons (Fsp3) is 0.154. The van der Waals surface area contributed by atoms with E-state index in [1.54, 1.807) is 30.3 Å². The fourth-order valence-electron chi connectivity index (χ4n) is 1.27.